The van der Waals surface area contributed by atoms with Crippen molar-refractivity contribution in [2.75, 3.05) is 33.9 Å². The number of aliphatic hydroxyl groups excluding tert-OH is 1. The third-order valence-electron chi connectivity index (χ3n) is 9.27. The van der Waals surface area contributed by atoms with Crippen molar-refractivity contribution in [1.82, 2.24) is 4.90 Å². The standard InChI is InChI=1S/C28H39NO5/c1-17-6-5-9-28(2)15-26-20(13-22(17)28)21(27(31)34-26)16-29-10-7-18-12-24(32-3)25(33-4)14-19(18)23(29)8-11-30/h12,14,20-23,26,30H,1,5-11,13,15-16H2,2-4H3/t20-,21+,22-,23-,26+,28+/m0/s1. The lowest BCUT2D eigenvalue weighted by atomic mass is 9.55. The van der Waals surface area contributed by atoms with Gasteiger partial charge in [-0.15, -0.1) is 0 Å². The van der Waals surface area contributed by atoms with E-state index in [0.29, 0.717) is 24.6 Å². The van der Waals surface area contributed by atoms with Crippen LogP contribution in [0.1, 0.15) is 62.6 Å². The molecule has 6 nitrogen and oxygen atoms in total. The van der Waals surface area contributed by atoms with Gasteiger partial charge in [-0.05, 0) is 79.5 Å². The molecule has 2 aliphatic carbocycles. The Kier molecular flexibility index (Phi) is 6.40. The molecule has 0 radical (unpaired) electrons. The molecule has 2 aliphatic heterocycles. The summed E-state index contributed by atoms with van der Waals surface area (Å²) in [4.78, 5) is 15.5. The van der Waals surface area contributed by atoms with Crippen molar-refractivity contribution in [3.05, 3.63) is 35.4 Å². The fraction of sp³-hybridized carbons (Fsp3) is 0.679. The summed E-state index contributed by atoms with van der Waals surface area (Å²) in [6, 6.07) is 4.15. The number of carbonyl (C=O) groups excluding carboxylic acids is 1. The summed E-state index contributed by atoms with van der Waals surface area (Å²) in [7, 11) is 3.30. The van der Waals surface area contributed by atoms with Gasteiger partial charge in [0.2, 0.25) is 0 Å². The van der Waals surface area contributed by atoms with E-state index in [9.17, 15) is 9.90 Å². The van der Waals surface area contributed by atoms with Gasteiger partial charge in [0.25, 0.3) is 0 Å². The van der Waals surface area contributed by atoms with Gasteiger partial charge in [-0.2, -0.15) is 0 Å². The largest absolute Gasteiger partial charge is 0.493 e. The molecule has 0 bridgehead atoms. The number of esters is 1. The maximum Gasteiger partial charge on any atom is 0.310 e. The monoisotopic (exact) mass is 469 g/mol. The van der Waals surface area contributed by atoms with Gasteiger partial charge in [0.1, 0.15) is 6.10 Å². The average Bonchev–Trinajstić information content (AvgIpc) is 3.11. The SMILES string of the molecule is C=C1CCC[C@]2(C)C[C@H]3OC(=O)[C@H](CN4CCc5cc(OC)c(OC)cc5[C@@H]4CCO)[C@@H]3C[C@@H]12. The third-order valence-corrected chi connectivity index (χ3v) is 9.27. The summed E-state index contributed by atoms with van der Waals surface area (Å²) in [5, 5.41) is 9.89. The van der Waals surface area contributed by atoms with Crippen LogP contribution < -0.4 is 9.47 Å². The van der Waals surface area contributed by atoms with Crippen molar-refractivity contribution in [3.8, 4) is 11.5 Å². The number of carbonyl (C=O) groups is 1. The Morgan fingerprint density at radius 3 is 2.74 bits per heavy atom. The Labute approximate surface area is 203 Å². The lowest BCUT2D eigenvalue weighted by molar-refractivity contribution is -0.146. The predicted octanol–water partition coefficient (Wildman–Crippen LogP) is 4.30. The number of methoxy groups -OCH3 is 2. The molecule has 34 heavy (non-hydrogen) atoms. The number of rotatable bonds is 6. The Balaban J connectivity index is 1.39. The second-order valence-corrected chi connectivity index (χ2v) is 11.1. The van der Waals surface area contributed by atoms with Gasteiger partial charge in [0.05, 0.1) is 20.1 Å². The van der Waals surface area contributed by atoms with Crippen LogP contribution in [0.2, 0.25) is 0 Å². The molecule has 5 rings (SSSR count). The molecule has 0 amide bonds. The summed E-state index contributed by atoms with van der Waals surface area (Å²) in [6.07, 6.45) is 7.02. The minimum Gasteiger partial charge on any atom is -0.493 e. The van der Waals surface area contributed by atoms with Crippen LogP contribution in [-0.4, -0.2) is 56.0 Å². The summed E-state index contributed by atoms with van der Waals surface area (Å²) in [5.41, 5.74) is 3.98. The van der Waals surface area contributed by atoms with Crippen molar-refractivity contribution in [1.29, 1.82) is 0 Å². The summed E-state index contributed by atoms with van der Waals surface area (Å²) >= 11 is 0. The lowest BCUT2D eigenvalue weighted by Crippen LogP contribution is -2.46. The second kappa shape index (κ2) is 9.19. The van der Waals surface area contributed by atoms with E-state index >= 15 is 0 Å². The minimum atomic E-state index is -0.118. The maximum atomic E-state index is 13.1. The highest BCUT2D eigenvalue weighted by Gasteiger charge is 2.55. The molecule has 1 aromatic rings. The summed E-state index contributed by atoms with van der Waals surface area (Å²) < 4.78 is 17.1. The van der Waals surface area contributed by atoms with Crippen LogP contribution in [0.3, 0.4) is 0 Å². The van der Waals surface area contributed by atoms with Crippen LogP contribution >= 0.6 is 0 Å². The number of nitrogens with zero attached hydrogens (tertiary/aromatic N) is 1. The molecule has 0 spiro atoms. The van der Waals surface area contributed by atoms with Crippen molar-refractivity contribution in [3.63, 3.8) is 0 Å². The first kappa shape index (κ1) is 23.7. The zero-order valence-electron chi connectivity index (χ0n) is 20.8. The molecular weight excluding hydrogens is 430 g/mol. The van der Waals surface area contributed by atoms with Gasteiger partial charge < -0.3 is 19.3 Å². The molecule has 1 aromatic carbocycles. The number of allylic oxidation sites excluding steroid dienone is 1. The highest BCUT2D eigenvalue weighted by Crippen LogP contribution is 2.57. The molecule has 2 saturated carbocycles. The summed E-state index contributed by atoms with van der Waals surface area (Å²) in [5.74, 6) is 2.02. The van der Waals surface area contributed by atoms with E-state index in [1.54, 1.807) is 14.2 Å². The van der Waals surface area contributed by atoms with Crippen molar-refractivity contribution in [2.24, 2.45) is 23.2 Å². The zero-order chi connectivity index (χ0) is 24.0. The summed E-state index contributed by atoms with van der Waals surface area (Å²) in [6.45, 7) is 8.42. The van der Waals surface area contributed by atoms with E-state index in [1.807, 2.05) is 0 Å². The van der Waals surface area contributed by atoms with Crippen LogP contribution in [0, 0.1) is 23.2 Å². The highest BCUT2D eigenvalue weighted by atomic mass is 16.6. The van der Waals surface area contributed by atoms with Gasteiger partial charge >= 0.3 is 5.97 Å². The average molecular weight is 470 g/mol. The van der Waals surface area contributed by atoms with E-state index in [2.05, 4.69) is 30.5 Å². The smallest absolute Gasteiger partial charge is 0.310 e. The Bertz CT molecular complexity index is 960. The fourth-order valence-corrected chi connectivity index (χ4v) is 7.48. The highest BCUT2D eigenvalue weighted by molar-refractivity contribution is 5.75. The van der Waals surface area contributed by atoms with Crippen molar-refractivity contribution in [2.45, 2.75) is 64.0 Å². The van der Waals surface area contributed by atoms with Gasteiger partial charge in [-0.3, -0.25) is 9.69 Å². The zero-order valence-corrected chi connectivity index (χ0v) is 20.8. The van der Waals surface area contributed by atoms with E-state index in [4.69, 9.17) is 14.2 Å². The quantitative estimate of drug-likeness (QED) is 0.495. The van der Waals surface area contributed by atoms with E-state index in [0.717, 1.165) is 43.5 Å². The van der Waals surface area contributed by atoms with Crippen LogP contribution in [0.4, 0.5) is 0 Å². The molecule has 2 heterocycles. The van der Waals surface area contributed by atoms with Crippen LogP contribution in [0.5, 0.6) is 11.5 Å². The lowest BCUT2D eigenvalue weighted by Gasteiger charge is -2.50. The van der Waals surface area contributed by atoms with Gasteiger partial charge in [0.15, 0.2) is 11.5 Å². The second-order valence-electron chi connectivity index (χ2n) is 11.1. The molecule has 0 aromatic heterocycles. The predicted molar refractivity (Wildman–Crippen MR) is 130 cm³/mol. The van der Waals surface area contributed by atoms with Crippen molar-refractivity contribution >= 4 is 5.97 Å². The topological polar surface area (TPSA) is 68.2 Å². The van der Waals surface area contributed by atoms with E-state index in [-0.39, 0.29) is 42.0 Å². The first-order valence-corrected chi connectivity index (χ1v) is 12.9. The molecule has 4 aliphatic rings. The molecule has 6 atom stereocenters. The molecule has 1 N–H and O–H groups in total. The van der Waals surface area contributed by atoms with Crippen LogP contribution in [-0.2, 0) is 16.0 Å². The normalized spacial score (nSPS) is 35.2. The van der Waals surface area contributed by atoms with Gasteiger partial charge in [-0.1, -0.05) is 19.1 Å². The minimum absolute atomic E-state index is 0.0300. The van der Waals surface area contributed by atoms with E-state index < -0.39 is 0 Å². The maximum absolute atomic E-state index is 13.1. The molecule has 0 unspecified atom stereocenters. The molecule has 186 valence electrons. The first-order valence-electron chi connectivity index (χ1n) is 12.9. The first-order chi connectivity index (χ1) is 16.4. The van der Waals surface area contributed by atoms with Crippen molar-refractivity contribution < 1.29 is 24.1 Å². The molecule has 3 fully saturated rings. The molecule has 6 heteroatoms. The molecule has 1 saturated heterocycles. The third kappa shape index (κ3) is 3.93. The number of hydrogen-bond acceptors (Lipinski definition) is 6. The number of benzene rings is 1. The number of fused-ring (bicyclic) bond motifs is 3. The Morgan fingerprint density at radius 2 is 2.00 bits per heavy atom. The number of hydrogen-bond donors (Lipinski definition) is 1. The Morgan fingerprint density at radius 1 is 1.24 bits per heavy atom. The molecular formula is C28H39NO5. The number of ether oxygens (including phenoxy) is 3. The van der Waals surface area contributed by atoms with E-state index in [1.165, 1.54) is 24.0 Å². The van der Waals surface area contributed by atoms with Crippen LogP contribution in [0.25, 0.3) is 0 Å². The number of aliphatic hydroxyl groups is 1. The van der Waals surface area contributed by atoms with Gasteiger partial charge in [0, 0.05) is 31.7 Å². The van der Waals surface area contributed by atoms with Crippen LogP contribution in [0.15, 0.2) is 24.3 Å². The fourth-order valence-electron chi connectivity index (χ4n) is 7.48. The Hall–Kier alpha value is -2.05. The van der Waals surface area contributed by atoms with Gasteiger partial charge in [-0.25, -0.2) is 0 Å².